The zero-order valence-electron chi connectivity index (χ0n) is 12.2. The Hall–Kier alpha value is -1.46. The second-order valence-corrected chi connectivity index (χ2v) is 5.05. The molecule has 3 N–H and O–H groups in total. The summed E-state index contributed by atoms with van der Waals surface area (Å²) in [5, 5.41) is 2.83. The average molecular weight is 281 g/mol. The lowest BCUT2D eigenvalue weighted by Gasteiger charge is -2.18. The lowest BCUT2D eigenvalue weighted by Crippen LogP contribution is -2.43. The smallest absolute Gasteiger partial charge is 0.236 e. The minimum absolute atomic E-state index is 0.0953. The molecule has 0 saturated carbocycles. The molecule has 0 fully saturated rings. The Morgan fingerprint density at radius 3 is 2.65 bits per heavy atom. The standard InChI is InChI=1S/C15H24FN3O/c1-3-4-14(17)15(20)18-9-10-19(2)11-12-5-7-13(16)8-6-12/h5-8,14H,3-4,9-11,17H2,1-2H3,(H,18,20). The maximum Gasteiger partial charge on any atom is 0.236 e. The van der Waals surface area contributed by atoms with Gasteiger partial charge in [0.05, 0.1) is 6.04 Å². The topological polar surface area (TPSA) is 58.4 Å². The highest BCUT2D eigenvalue weighted by Gasteiger charge is 2.11. The van der Waals surface area contributed by atoms with E-state index in [0.717, 1.165) is 25.1 Å². The molecule has 5 heteroatoms. The number of amides is 1. The van der Waals surface area contributed by atoms with Gasteiger partial charge in [0.2, 0.25) is 5.91 Å². The maximum atomic E-state index is 12.8. The molecule has 0 aromatic heterocycles. The van der Waals surface area contributed by atoms with Gasteiger partial charge in [-0.1, -0.05) is 25.5 Å². The summed E-state index contributed by atoms with van der Waals surface area (Å²) < 4.78 is 12.8. The summed E-state index contributed by atoms with van der Waals surface area (Å²) >= 11 is 0. The Bertz CT molecular complexity index is 408. The number of likely N-dealkylation sites (N-methyl/N-ethyl adjacent to an activating group) is 1. The molecule has 0 saturated heterocycles. The van der Waals surface area contributed by atoms with Crippen molar-refractivity contribution in [1.82, 2.24) is 10.2 Å². The van der Waals surface area contributed by atoms with Crippen LogP contribution in [0.5, 0.6) is 0 Å². The maximum absolute atomic E-state index is 12.8. The summed E-state index contributed by atoms with van der Waals surface area (Å²) in [4.78, 5) is 13.7. The number of carbonyl (C=O) groups excluding carboxylic acids is 1. The molecule has 0 aliphatic heterocycles. The van der Waals surface area contributed by atoms with Crippen molar-refractivity contribution < 1.29 is 9.18 Å². The van der Waals surface area contributed by atoms with Crippen LogP contribution < -0.4 is 11.1 Å². The fraction of sp³-hybridized carbons (Fsp3) is 0.533. The third-order valence-electron chi connectivity index (χ3n) is 3.09. The number of hydrogen-bond donors (Lipinski definition) is 2. The fourth-order valence-corrected chi connectivity index (χ4v) is 1.92. The van der Waals surface area contributed by atoms with E-state index in [9.17, 15) is 9.18 Å². The molecular weight excluding hydrogens is 257 g/mol. The number of carbonyl (C=O) groups is 1. The largest absolute Gasteiger partial charge is 0.353 e. The molecule has 1 aromatic rings. The van der Waals surface area contributed by atoms with Crippen LogP contribution in [-0.2, 0) is 11.3 Å². The Kier molecular flexibility index (Phi) is 7.18. The van der Waals surface area contributed by atoms with Gasteiger partial charge in [-0.2, -0.15) is 0 Å². The first kappa shape index (κ1) is 16.6. The van der Waals surface area contributed by atoms with Crippen LogP contribution in [0.15, 0.2) is 24.3 Å². The number of hydrogen-bond acceptors (Lipinski definition) is 3. The summed E-state index contributed by atoms with van der Waals surface area (Å²) in [6.07, 6.45) is 1.61. The van der Waals surface area contributed by atoms with Crippen LogP contribution >= 0.6 is 0 Å². The summed E-state index contributed by atoms with van der Waals surface area (Å²) in [7, 11) is 1.96. The monoisotopic (exact) mass is 281 g/mol. The number of benzene rings is 1. The SMILES string of the molecule is CCCC(N)C(=O)NCCN(C)Cc1ccc(F)cc1. The second-order valence-electron chi connectivity index (χ2n) is 5.05. The predicted octanol–water partition coefficient (Wildman–Crippen LogP) is 1.50. The van der Waals surface area contributed by atoms with E-state index < -0.39 is 6.04 Å². The van der Waals surface area contributed by atoms with Gasteiger partial charge in [-0.3, -0.25) is 4.79 Å². The first-order chi connectivity index (χ1) is 9.52. The Balaban J connectivity index is 2.24. The molecule has 0 heterocycles. The van der Waals surface area contributed by atoms with E-state index in [4.69, 9.17) is 5.73 Å². The fourth-order valence-electron chi connectivity index (χ4n) is 1.92. The van der Waals surface area contributed by atoms with E-state index in [1.54, 1.807) is 12.1 Å². The summed E-state index contributed by atoms with van der Waals surface area (Å²) in [5.74, 6) is -0.324. The van der Waals surface area contributed by atoms with E-state index in [-0.39, 0.29) is 11.7 Å². The van der Waals surface area contributed by atoms with Crippen molar-refractivity contribution in [3.05, 3.63) is 35.6 Å². The average Bonchev–Trinajstić information content (AvgIpc) is 2.41. The predicted molar refractivity (Wildman–Crippen MR) is 78.6 cm³/mol. The molecule has 0 bridgehead atoms. The molecule has 112 valence electrons. The Morgan fingerprint density at radius 1 is 1.40 bits per heavy atom. The van der Waals surface area contributed by atoms with E-state index >= 15 is 0 Å². The Morgan fingerprint density at radius 2 is 2.05 bits per heavy atom. The molecular formula is C15H24FN3O. The first-order valence-corrected chi connectivity index (χ1v) is 6.99. The van der Waals surface area contributed by atoms with Crippen LogP contribution in [0.4, 0.5) is 4.39 Å². The lowest BCUT2D eigenvalue weighted by atomic mass is 10.2. The van der Waals surface area contributed by atoms with Crippen molar-refractivity contribution in [2.45, 2.75) is 32.4 Å². The minimum atomic E-state index is -0.414. The van der Waals surface area contributed by atoms with E-state index in [1.165, 1.54) is 12.1 Å². The summed E-state index contributed by atoms with van der Waals surface area (Å²) in [5.41, 5.74) is 6.77. The highest BCUT2D eigenvalue weighted by molar-refractivity contribution is 5.81. The normalized spacial score (nSPS) is 12.4. The third kappa shape index (κ3) is 6.12. The van der Waals surface area contributed by atoms with Crippen LogP contribution in [0.3, 0.4) is 0 Å². The van der Waals surface area contributed by atoms with Crippen LogP contribution in [0.25, 0.3) is 0 Å². The van der Waals surface area contributed by atoms with Gasteiger partial charge >= 0.3 is 0 Å². The zero-order chi connectivity index (χ0) is 15.0. The van der Waals surface area contributed by atoms with E-state index in [2.05, 4.69) is 10.2 Å². The molecule has 1 unspecified atom stereocenters. The van der Waals surface area contributed by atoms with Gasteiger partial charge in [0.15, 0.2) is 0 Å². The zero-order valence-corrected chi connectivity index (χ0v) is 12.2. The molecule has 4 nitrogen and oxygen atoms in total. The molecule has 0 aliphatic carbocycles. The van der Waals surface area contributed by atoms with Crippen molar-refractivity contribution in [2.24, 2.45) is 5.73 Å². The van der Waals surface area contributed by atoms with Gasteiger partial charge in [-0.25, -0.2) is 4.39 Å². The van der Waals surface area contributed by atoms with Gasteiger partial charge in [-0.15, -0.1) is 0 Å². The highest BCUT2D eigenvalue weighted by atomic mass is 19.1. The van der Waals surface area contributed by atoms with Crippen LogP contribution in [0.1, 0.15) is 25.3 Å². The van der Waals surface area contributed by atoms with Gasteiger partial charge < -0.3 is 16.0 Å². The van der Waals surface area contributed by atoms with Crippen LogP contribution in [-0.4, -0.2) is 37.0 Å². The van der Waals surface area contributed by atoms with Gasteiger partial charge in [0, 0.05) is 19.6 Å². The van der Waals surface area contributed by atoms with Crippen molar-refractivity contribution in [3.8, 4) is 0 Å². The van der Waals surface area contributed by atoms with Crippen molar-refractivity contribution in [2.75, 3.05) is 20.1 Å². The molecule has 1 rings (SSSR count). The van der Waals surface area contributed by atoms with Crippen LogP contribution in [0.2, 0.25) is 0 Å². The van der Waals surface area contributed by atoms with E-state index in [0.29, 0.717) is 13.0 Å². The number of nitrogens with zero attached hydrogens (tertiary/aromatic N) is 1. The number of nitrogens with one attached hydrogen (secondary N) is 1. The summed E-state index contributed by atoms with van der Waals surface area (Å²) in [6.45, 7) is 4.01. The molecule has 0 radical (unpaired) electrons. The van der Waals surface area contributed by atoms with Crippen LogP contribution in [0, 0.1) is 5.82 Å². The van der Waals surface area contributed by atoms with Gasteiger partial charge in [0.1, 0.15) is 5.82 Å². The summed E-state index contributed by atoms with van der Waals surface area (Å²) in [6, 6.07) is 6.02. The van der Waals surface area contributed by atoms with Crippen molar-refractivity contribution in [3.63, 3.8) is 0 Å². The number of rotatable bonds is 8. The molecule has 1 amide bonds. The molecule has 1 aromatic carbocycles. The number of nitrogens with two attached hydrogens (primary N) is 1. The first-order valence-electron chi connectivity index (χ1n) is 6.99. The van der Waals surface area contributed by atoms with Gasteiger partial charge in [0.25, 0.3) is 0 Å². The minimum Gasteiger partial charge on any atom is -0.353 e. The quantitative estimate of drug-likeness (QED) is 0.759. The second kappa shape index (κ2) is 8.66. The lowest BCUT2D eigenvalue weighted by molar-refractivity contribution is -0.122. The molecule has 0 spiro atoms. The van der Waals surface area contributed by atoms with Crippen molar-refractivity contribution >= 4 is 5.91 Å². The van der Waals surface area contributed by atoms with E-state index in [1.807, 2.05) is 14.0 Å². The number of halogens is 1. The highest BCUT2D eigenvalue weighted by Crippen LogP contribution is 2.05. The van der Waals surface area contributed by atoms with Crippen molar-refractivity contribution in [1.29, 1.82) is 0 Å². The Labute approximate surface area is 120 Å². The molecule has 0 aliphatic rings. The van der Waals surface area contributed by atoms with Gasteiger partial charge in [-0.05, 0) is 31.2 Å². The molecule has 1 atom stereocenters. The third-order valence-corrected chi connectivity index (χ3v) is 3.09. The molecule has 20 heavy (non-hydrogen) atoms.